The molecule has 0 aromatic carbocycles. The normalized spacial score (nSPS) is 28.0. The maximum atomic E-state index is 12.5. The molecule has 2 aliphatic heterocycles. The van der Waals surface area contributed by atoms with Crippen LogP contribution in [0.15, 0.2) is 11.8 Å². The van der Waals surface area contributed by atoms with Gasteiger partial charge in [0.05, 0.1) is 38.3 Å². The van der Waals surface area contributed by atoms with E-state index in [1.54, 1.807) is 6.20 Å². The van der Waals surface area contributed by atoms with Gasteiger partial charge in [-0.15, -0.1) is 0 Å². The summed E-state index contributed by atoms with van der Waals surface area (Å²) in [5.74, 6) is -1.10. The van der Waals surface area contributed by atoms with Gasteiger partial charge in [0.15, 0.2) is 0 Å². The van der Waals surface area contributed by atoms with E-state index >= 15 is 0 Å². The first kappa shape index (κ1) is 15.4. The number of fused-ring (bicyclic) bond motifs is 1. The number of carbonyl (C=O) groups excluding carboxylic acids is 2. The predicted octanol–water partition coefficient (Wildman–Crippen LogP) is 1.37. The van der Waals surface area contributed by atoms with E-state index in [1.165, 1.54) is 14.2 Å². The summed E-state index contributed by atoms with van der Waals surface area (Å²) in [5, 5.41) is 9.21. The van der Waals surface area contributed by atoms with E-state index in [2.05, 4.69) is 6.07 Å². The highest BCUT2D eigenvalue weighted by molar-refractivity contribution is 5.99. The monoisotopic (exact) mass is 292 g/mol. The maximum Gasteiger partial charge on any atom is 0.336 e. The van der Waals surface area contributed by atoms with Crippen LogP contribution >= 0.6 is 0 Å². The minimum Gasteiger partial charge on any atom is -0.468 e. The Morgan fingerprint density at radius 1 is 1.38 bits per heavy atom. The predicted molar refractivity (Wildman–Crippen MR) is 73.7 cm³/mol. The number of carbonyl (C=O) groups is 2. The van der Waals surface area contributed by atoms with Crippen LogP contribution in [0.4, 0.5) is 0 Å². The number of methoxy groups -OCH3 is 2. The number of hydrogen-bond donors (Lipinski definition) is 0. The zero-order valence-electron chi connectivity index (χ0n) is 12.4. The fourth-order valence-electron chi connectivity index (χ4n) is 3.46. The summed E-state index contributed by atoms with van der Waals surface area (Å²) >= 11 is 0. The van der Waals surface area contributed by atoms with Crippen LogP contribution in [0.2, 0.25) is 0 Å². The van der Waals surface area contributed by atoms with Crippen molar-refractivity contribution in [2.45, 2.75) is 38.1 Å². The number of esters is 2. The van der Waals surface area contributed by atoms with Crippen molar-refractivity contribution < 1.29 is 19.1 Å². The average Bonchev–Trinajstić information content (AvgIpc) is 2.66. The third kappa shape index (κ3) is 2.37. The molecule has 2 atom stereocenters. The van der Waals surface area contributed by atoms with Crippen LogP contribution < -0.4 is 0 Å². The number of hydrogen-bond acceptors (Lipinski definition) is 6. The van der Waals surface area contributed by atoms with E-state index in [-0.39, 0.29) is 18.0 Å². The van der Waals surface area contributed by atoms with Gasteiger partial charge in [0.2, 0.25) is 0 Å². The Labute approximate surface area is 124 Å². The van der Waals surface area contributed by atoms with Crippen LogP contribution in [-0.2, 0) is 19.1 Å². The highest BCUT2D eigenvalue weighted by atomic mass is 16.5. The van der Waals surface area contributed by atoms with Gasteiger partial charge in [0, 0.05) is 12.7 Å². The molecule has 0 unspecified atom stereocenters. The molecule has 6 heteroatoms. The van der Waals surface area contributed by atoms with Crippen LogP contribution in [0, 0.1) is 16.7 Å². The highest BCUT2D eigenvalue weighted by Gasteiger charge is 2.58. The quantitative estimate of drug-likeness (QED) is 0.731. The molecule has 2 aliphatic rings. The van der Waals surface area contributed by atoms with Crippen molar-refractivity contribution in [2.75, 3.05) is 20.8 Å². The second kappa shape index (κ2) is 6.17. The molecule has 0 N–H and O–H groups in total. The number of nitrogens with zero attached hydrogens (tertiary/aromatic N) is 2. The summed E-state index contributed by atoms with van der Waals surface area (Å²) in [6.07, 6.45) is 5.42. The van der Waals surface area contributed by atoms with Gasteiger partial charge in [-0.2, -0.15) is 5.26 Å². The molecule has 114 valence electrons. The molecule has 0 aliphatic carbocycles. The lowest BCUT2D eigenvalue weighted by Crippen LogP contribution is -2.48. The van der Waals surface area contributed by atoms with Crippen molar-refractivity contribution in [1.29, 1.82) is 5.26 Å². The summed E-state index contributed by atoms with van der Waals surface area (Å²) in [7, 11) is 2.57. The van der Waals surface area contributed by atoms with Gasteiger partial charge in [-0.3, -0.25) is 4.79 Å². The third-order valence-corrected chi connectivity index (χ3v) is 4.45. The second-order valence-electron chi connectivity index (χ2n) is 5.44. The van der Waals surface area contributed by atoms with E-state index in [1.807, 2.05) is 4.90 Å². The molecular weight excluding hydrogens is 272 g/mol. The SMILES string of the molecule is COC(=O)C1=CN2CCCCC[C@@H]2[C@@]1(CC#N)C(=O)OC. The summed E-state index contributed by atoms with van der Waals surface area (Å²) in [5.41, 5.74) is -0.994. The first-order valence-corrected chi connectivity index (χ1v) is 7.13. The van der Waals surface area contributed by atoms with E-state index in [4.69, 9.17) is 9.47 Å². The lowest BCUT2D eigenvalue weighted by molar-refractivity contribution is -0.155. The Morgan fingerprint density at radius 2 is 2.14 bits per heavy atom. The fourth-order valence-corrected chi connectivity index (χ4v) is 3.46. The second-order valence-corrected chi connectivity index (χ2v) is 5.44. The van der Waals surface area contributed by atoms with Crippen molar-refractivity contribution in [3.63, 3.8) is 0 Å². The molecule has 1 fully saturated rings. The van der Waals surface area contributed by atoms with Gasteiger partial charge in [-0.05, 0) is 12.8 Å². The van der Waals surface area contributed by atoms with Gasteiger partial charge in [0.1, 0.15) is 5.41 Å². The molecule has 1 saturated heterocycles. The summed E-state index contributed by atoms with van der Waals surface area (Å²) in [6.45, 7) is 0.773. The molecule has 0 saturated carbocycles. The van der Waals surface area contributed by atoms with Crippen molar-refractivity contribution in [3.05, 3.63) is 11.8 Å². The third-order valence-electron chi connectivity index (χ3n) is 4.45. The van der Waals surface area contributed by atoms with Gasteiger partial charge >= 0.3 is 11.9 Å². The molecule has 0 radical (unpaired) electrons. The average molecular weight is 292 g/mol. The molecule has 0 amide bonds. The lowest BCUT2D eigenvalue weighted by atomic mass is 9.72. The highest BCUT2D eigenvalue weighted by Crippen LogP contribution is 2.47. The molecule has 2 heterocycles. The van der Waals surface area contributed by atoms with E-state index < -0.39 is 17.4 Å². The first-order valence-electron chi connectivity index (χ1n) is 7.13. The molecular formula is C15H20N2O4. The summed E-state index contributed by atoms with van der Waals surface area (Å²) in [6, 6.07) is 1.84. The van der Waals surface area contributed by atoms with Crippen LogP contribution in [0.25, 0.3) is 0 Å². The van der Waals surface area contributed by atoms with Crippen molar-refractivity contribution in [1.82, 2.24) is 4.90 Å². The zero-order valence-corrected chi connectivity index (χ0v) is 12.4. The molecule has 0 aromatic rings. The fraction of sp³-hybridized carbons (Fsp3) is 0.667. The van der Waals surface area contributed by atoms with Crippen molar-refractivity contribution in [3.8, 4) is 6.07 Å². The number of nitriles is 1. The largest absolute Gasteiger partial charge is 0.468 e. The van der Waals surface area contributed by atoms with E-state index in [9.17, 15) is 14.9 Å². The van der Waals surface area contributed by atoms with E-state index in [0.717, 1.165) is 32.2 Å². The van der Waals surface area contributed by atoms with E-state index in [0.29, 0.717) is 0 Å². The van der Waals surface area contributed by atoms with Gasteiger partial charge in [-0.25, -0.2) is 4.79 Å². The van der Waals surface area contributed by atoms with Crippen molar-refractivity contribution in [2.24, 2.45) is 5.41 Å². The Balaban J connectivity index is 2.53. The standard InChI is InChI=1S/C15H20N2O4/c1-20-13(18)11-10-17-9-5-3-4-6-12(17)15(11,7-8-16)14(19)21-2/h10,12H,3-7,9H2,1-2H3/t12-,15+/m1/s1. The Hall–Kier alpha value is -2.03. The van der Waals surface area contributed by atoms with Crippen LogP contribution in [-0.4, -0.2) is 43.6 Å². The summed E-state index contributed by atoms with van der Waals surface area (Å²) in [4.78, 5) is 26.6. The minimum atomic E-state index is -1.24. The molecule has 0 spiro atoms. The smallest absolute Gasteiger partial charge is 0.336 e. The minimum absolute atomic E-state index is 0.0816. The lowest BCUT2D eigenvalue weighted by Gasteiger charge is -2.35. The maximum absolute atomic E-state index is 12.5. The van der Waals surface area contributed by atoms with Crippen LogP contribution in [0.1, 0.15) is 32.1 Å². The molecule has 0 bridgehead atoms. The Morgan fingerprint density at radius 3 is 2.76 bits per heavy atom. The van der Waals surface area contributed by atoms with Gasteiger partial charge in [-0.1, -0.05) is 12.8 Å². The number of ether oxygens (including phenoxy) is 2. The van der Waals surface area contributed by atoms with Gasteiger partial charge < -0.3 is 14.4 Å². The first-order chi connectivity index (χ1) is 10.1. The topological polar surface area (TPSA) is 79.6 Å². The Kier molecular flexibility index (Phi) is 4.51. The van der Waals surface area contributed by atoms with Gasteiger partial charge in [0.25, 0.3) is 0 Å². The zero-order chi connectivity index (χ0) is 15.5. The van der Waals surface area contributed by atoms with Crippen LogP contribution in [0.3, 0.4) is 0 Å². The van der Waals surface area contributed by atoms with Crippen molar-refractivity contribution >= 4 is 11.9 Å². The molecule has 2 rings (SSSR count). The molecule has 0 aromatic heterocycles. The summed E-state index contributed by atoms with van der Waals surface area (Å²) < 4.78 is 9.76. The molecule has 21 heavy (non-hydrogen) atoms. The Bertz CT molecular complexity index is 508. The molecule has 6 nitrogen and oxygen atoms in total. The number of rotatable bonds is 3. The van der Waals surface area contributed by atoms with Crippen LogP contribution in [0.5, 0.6) is 0 Å².